The summed E-state index contributed by atoms with van der Waals surface area (Å²) in [5.41, 5.74) is 13.6. The maximum Gasteiger partial charge on any atom is 0.342 e. The number of nitrogen functional groups attached to an aromatic ring is 1. The molecule has 0 saturated heterocycles. The van der Waals surface area contributed by atoms with Crippen molar-refractivity contribution in [1.29, 1.82) is 0 Å². The van der Waals surface area contributed by atoms with Crippen LogP contribution in [-0.2, 0) is 4.74 Å². The third-order valence-electron chi connectivity index (χ3n) is 3.53. The van der Waals surface area contributed by atoms with Crippen molar-refractivity contribution < 1.29 is 14.3 Å². The molecule has 0 amide bonds. The lowest BCUT2D eigenvalue weighted by Crippen LogP contribution is -2.12. The molecule has 1 heterocycles. The SMILES string of the molecule is CCOC(=O)c1c(C)nc2cccc(OCCCCN)c2c1N. The number of hydrogen-bond acceptors (Lipinski definition) is 6. The lowest BCUT2D eigenvalue weighted by molar-refractivity contribution is 0.0526. The number of pyridine rings is 1. The second-order valence-corrected chi connectivity index (χ2v) is 5.20. The average molecular weight is 317 g/mol. The summed E-state index contributed by atoms with van der Waals surface area (Å²) in [7, 11) is 0. The molecular weight excluding hydrogens is 294 g/mol. The van der Waals surface area contributed by atoms with E-state index in [0.717, 1.165) is 12.8 Å². The van der Waals surface area contributed by atoms with E-state index in [2.05, 4.69) is 4.98 Å². The van der Waals surface area contributed by atoms with E-state index < -0.39 is 5.97 Å². The third-order valence-corrected chi connectivity index (χ3v) is 3.53. The normalized spacial score (nSPS) is 10.7. The summed E-state index contributed by atoms with van der Waals surface area (Å²) < 4.78 is 10.9. The maximum absolute atomic E-state index is 12.1. The molecule has 1 aromatic carbocycles. The van der Waals surface area contributed by atoms with Gasteiger partial charge in [0, 0.05) is 0 Å². The van der Waals surface area contributed by atoms with Crippen LogP contribution in [-0.4, -0.2) is 30.7 Å². The molecule has 0 atom stereocenters. The molecule has 6 heteroatoms. The summed E-state index contributed by atoms with van der Waals surface area (Å²) in [4.78, 5) is 16.6. The van der Waals surface area contributed by atoms with Gasteiger partial charge in [0.1, 0.15) is 11.3 Å². The Labute approximate surface area is 135 Å². The van der Waals surface area contributed by atoms with Gasteiger partial charge in [-0.2, -0.15) is 0 Å². The fourth-order valence-corrected chi connectivity index (χ4v) is 2.45. The number of anilines is 1. The summed E-state index contributed by atoms with van der Waals surface area (Å²) in [6.07, 6.45) is 1.75. The van der Waals surface area contributed by atoms with Crippen LogP contribution in [0.4, 0.5) is 5.69 Å². The molecule has 0 saturated carbocycles. The van der Waals surface area contributed by atoms with E-state index >= 15 is 0 Å². The van der Waals surface area contributed by atoms with Crippen LogP contribution in [0.25, 0.3) is 10.9 Å². The summed E-state index contributed by atoms with van der Waals surface area (Å²) in [5, 5.41) is 0.647. The Morgan fingerprint density at radius 2 is 2.09 bits per heavy atom. The molecule has 0 aliphatic heterocycles. The number of esters is 1. The minimum Gasteiger partial charge on any atom is -0.493 e. The molecule has 124 valence electrons. The zero-order valence-corrected chi connectivity index (χ0v) is 13.6. The number of nitrogens with two attached hydrogens (primary N) is 2. The molecule has 0 unspecified atom stereocenters. The minimum atomic E-state index is -0.463. The molecule has 0 aliphatic carbocycles. The number of carbonyl (C=O) groups excluding carboxylic acids is 1. The van der Waals surface area contributed by atoms with Crippen LogP contribution in [0.3, 0.4) is 0 Å². The van der Waals surface area contributed by atoms with Crippen LogP contribution < -0.4 is 16.2 Å². The van der Waals surface area contributed by atoms with Crippen molar-refractivity contribution in [1.82, 2.24) is 4.98 Å². The van der Waals surface area contributed by atoms with E-state index in [1.807, 2.05) is 18.2 Å². The van der Waals surface area contributed by atoms with Crippen LogP contribution in [0.5, 0.6) is 5.75 Å². The van der Waals surface area contributed by atoms with Crippen LogP contribution in [0.2, 0.25) is 0 Å². The molecule has 2 aromatic rings. The van der Waals surface area contributed by atoms with Crippen molar-refractivity contribution in [2.75, 3.05) is 25.5 Å². The quantitative estimate of drug-likeness (QED) is 0.601. The summed E-state index contributed by atoms with van der Waals surface area (Å²) in [6, 6.07) is 5.53. The summed E-state index contributed by atoms with van der Waals surface area (Å²) >= 11 is 0. The van der Waals surface area contributed by atoms with Gasteiger partial charge in [0.25, 0.3) is 0 Å². The van der Waals surface area contributed by atoms with Gasteiger partial charge in [-0.25, -0.2) is 4.79 Å². The third kappa shape index (κ3) is 3.71. The van der Waals surface area contributed by atoms with Gasteiger partial charge in [0.15, 0.2) is 0 Å². The second-order valence-electron chi connectivity index (χ2n) is 5.20. The maximum atomic E-state index is 12.1. The second kappa shape index (κ2) is 7.78. The van der Waals surface area contributed by atoms with Gasteiger partial charge in [0.05, 0.1) is 35.5 Å². The van der Waals surface area contributed by atoms with Crippen molar-refractivity contribution in [2.24, 2.45) is 5.73 Å². The van der Waals surface area contributed by atoms with Gasteiger partial charge >= 0.3 is 5.97 Å². The lowest BCUT2D eigenvalue weighted by atomic mass is 10.1. The molecule has 6 nitrogen and oxygen atoms in total. The van der Waals surface area contributed by atoms with Crippen LogP contribution in [0.1, 0.15) is 35.8 Å². The molecule has 2 rings (SSSR count). The Balaban J connectivity index is 2.45. The number of hydrogen-bond donors (Lipinski definition) is 2. The first-order valence-corrected chi connectivity index (χ1v) is 7.78. The predicted molar refractivity (Wildman–Crippen MR) is 90.6 cm³/mol. The number of ether oxygens (including phenoxy) is 2. The Hall–Kier alpha value is -2.34. The van der Waals surface area contributed by atoms with Gasteiger partial charge in [-0.3, -0.25) is 4.98 Å². The Morgan fingerprint density at radius 3 is 2.78 bits per heavy atom. The lowest BCUT2D eigenvalue weighted by Gasteiger charge is -2.14. The van der Waals surface area contributed by atoms with Crippen molar-refractivity contribution in [3.63, 3.8) is 0 Å². The predicted octanol–water partition coefficient (Wildman–Crippen LogP) is 2.42. The molecule has 0 radical (unpaired) electrons. The number of rotatable bonds is 7. The van der Waals surface area contributed by atoms with Gasteiger partial charge in [-0.15, -0.1) is 0 Å². The van der Waals surface area contributed by atoms with Gasteiger partial charge in [-0.05, 0) is 45.4 Å². The van der Waals surface area contributed by atoms with Gasteiger partial charge in [0.2, 0.25) is 0 Å². The number of unbranched alkanes of at least 4 members (excludes halogenated alkanes) is 1. The fraction of sp³-hybridized carbons (Fsp3) is 0.412. The first-order valence-electron chi connectivity index (χ1n) is 7.78. The van der Waals surface area contributed by atoms with E-state index in [-0.39, 0.29) is 6.61 Å². The number of aryl methyl sites for hydroxylation is 1. The molecular formula is C17H23N3O3. The molecule has 1 aromatic heterocycles. The van der Waals surface area contributed by atoms with Crippen LogP contribution >= 0.6 is 0 Å². The molecule has 4 N–H and O–H groups in total. The fourth-order valence-electron chi connectivity index (χ4n) is 2.45. The highest BCUT2D eigenvalue weighted by Gasteiger charge is 2.20. The van der Waals surface area contributed by atoms with E-state index in [0.29, 0.717) is 46.7 Å². The largest absolute Gasteiger partial charge is 0.493 e. The molecule has 0 bridgehead atoms. The number of benzene rings is 1. The zero-order valence-electron chi connectivity index (χ0n) is 13.6. The standard InChI is InChI=1S/C17H23N3O3/c1-3-22-17(21)14-11(2)20-12-7-6-8-13(15(12)16(14)19)23-10-5-4-9-18/h6-8H,3-5,9-10,18H2,1-2H3,(H2,19,20). The number of fused-ring (bicyclic) bond motifs is 1. The van der Waals surface area contributed by atoms with E-state index in [4.69, 9.17) is 20.9 Å². The van der Waals surface area contributed by atoms with Crippen LogP contribution in [0.15, 0.2) is 18.2 Å². The van der Waals surface area contributed by atoms with E-state index in [9.17, 15) is 4.79 Å². The molecule has 0 fully saturated rings. The number of aromatic nitrogens is 1. The van der Waals surface area contributed by atoms with Crippen molar-refractivity contribution in [3.05, 3.63) is 29.5 Å². The van der Waals surface area contributed by atoms with Gasteiger partial charge in [-0.1, -0.05) is 6.07 Å². The monoisotopic (exact) mass is 317 g/mol. The highest BCUT2D eigenvalue weighted by Crippen LogP contribution is 2.33. The molecule has 23 heavy (non-hydrogen) atoms. The smallest absolute Gasteiger partial charge is 0.342 e. The van der Waals surface area contributed by atoms with Crippen molar-refractivity contribution in [3.8, 4) is 5.75 Å². The topological polar surface area (TPSA) is 100 Å². The van der Waals surface area contributed by atoms with Crippen LogP contribution in [0, 0.1) is 6.92 Å². The Bertz CT molecular complexity index is 701. The summed E-state index contributed by atoms with van der Waals surface area (Å²) in [5.74, 6) is 0.157. The first kappa shape index (κ1) is 17.0. The van der Waals surface area contributed by atoms with E-state index in [1.54, 1.807) is 13.8 Å². The van der Waals surface area contributed by atoms with Gasteiger partial charge < -0.3 is 20.9 Å². The Kier molecular flexibility index (Phi) is 5.76. The van der Waals surface area contributed by atoms with E-state index in [1.165, 1.54) is 0 Å². The minimum absolute atomic E-state index is 0.285. The zero-order chi connectivity index (χ0) is 16.8. The highest BCUT2D eigenvalue weighted by atomic mass is 16.5. The highest BCUT2D eigenvalue weighted by molar-refractivity contribution is 6.07. The molecule has 0 aliphatic rings. The first-order chi connectivity index (χ1) is 11.1. The number of carbonyl (C=O) groups is 1. The average Bonchev–Trinajstić information content (AvgIpc) is 2.51. The van der Waals surface area contributed by atoms with Crippen molar-refractivity contribution >= 4 is 22.6 Å². The summed E-state index contributed by atoms with van der Waals surface area (Å²) in [6.45, 7) is 4.96. The molecule has 0 spiro atoms. The van der Waals surface area contributed by atoms with Crippen molar-refractivity contribution in [2.45, 2.75) is 26.7 Å². The number of nitrogens with zero attached hydrogens (tertiary/aromatic N) is 1. The Morgan fingerprint density at radius 1 is 1.30 bits per heavy atom.